The molecule has 0 spiro atoms. The number of benzene rings is 21. The first-order valence-electron chi connectivity index (χ1n) is 51.0. The van der Waals surface area contributed by atoms with Gasteiger partial charge in [-0.05, 0) is 288 Å². The summed E-state index contributed by atoms with van der Waals surface area (Å²) in [6.07, 6.45) is 0. The molecule has 0 radical (unpaired) electrons. The minimum absolute atomic E-state index is 0.0548. The summed E-state index contributed by atoms with van der Waals surface area (Å²) in [5, 5.41) is 24.1. The summed E-state index contributed by atoms with van der Waals surface area (Å²) >= 11 is 7.68. The Balaban J connectivity index is 0.000000106. The average Bonchev–Trinajstić information content (AvgIpc) is 1.68. The Labute approximate surface area is 860 Å². The van der Waals surface area contributed by atoms with E-state index in [1.54, 1.807) is 0 Å². The second kappa shape index (κ2) is 32.1. The quantitative estimate of drug-likeness (QED) is 0.155. The van der Waals surface area contributed by atoms with Crippen LogP contribution >= 0.6 is 45.3 Å². The van der Waals surface area contributed by atoms with Gasteiger partial charge in [0.15, 0.2) is 0 Å². The van der Waals surface area contributed by atoms with Crippen molar-refractivity contribution in [3.8, 4) is 67.0 Å². The first kappa shape index (κ1) is 87.5. The van der Waals surface area contributed by atoms with Gasteiger partial charge in [-0.2, -0.15) is 0 Å². The molecule has 145 heavy (non-hydrogen) atoms. The lowest BCUT2D eigenvalue weighted by molar-refractivity contribution is 0.299. The highest BCUT2D eigenvalue weighted by Crippen LogP contribution is 2.63. The molecular weight excluding hydrogens is 1830 g/mol. The van der Waals surface area contributed by atoms with Crippen LogP contribution in [0.5, 0.6) is 0 Å². The van der Waals surface area contributed by atoms with Crippen molar-refractivity contribution in [3.63, 3.8) is 0 Å². The third kappa shape index (κ3) is 12.9. The molecule has 3 aliphatic rings. The average molecular weight is 1930 g/mol. The number of para-hydroxylation sites is 5. The zero-order valence-corrected chi connectivity index (χ0v) is 86.6. The van der Waals surface area contributed by atoms with Crippen molar-refractivity contribution in [3.05, 3.63) is 452 Å². The largest absolute Gasteiger partial charge is 0.310 e. The molecular formula is C138H105N3S4. The summed E-state index contributed by atoms with van der Waals surface area (Å²) in [6.45, 7) is 29.3. The maximum absolute atomic E-state index is 2.48. The van der Waals surface area contributed by atoms with Gasteiger partial charge in [-0.15, -0.1) is 45.3 Å². The van der Waals surface area contributed by atoms with E-state index < -0.39 is 0 Å². The van der Waals surface area contributed by atoms with Gasteiger partial charge in [-0.1, -0.05) is 356 Å². The van der Waals surface area contributed by atoms with Gasteiger partial charge < -0.3 is 14.0 Å². The van der Waals surface area contributed by atoms with Gasteiger partial charge in [0.1, 0.15) is 0 Å². The van der Waals surface area contributed by atoms with Crippen molar-refractivity contribution in [1.29, 1.82) is 0 Å². The van der Waals surface area contributed by atoms with Crippen LogP contribution in [0.4, 0.5) is 17.1 Å². The van der Waals surface area contributed by atoms with E-state index >= 15 is 0 Å². The molecule has 3 aliphatic carbocycles. The lowest BCUT2D eigenvalue weighted by Crippen LogP contribution is -2.43. The monoisotopic (exact) mass is 1930 g/mol. The third-order valence-corrected chi connectivity index (χ3v) is 39.7. The maximum Gasteiger partial charge on any atom is 0.0541 e. The van der Waals surface area contributed by atoms with Crippen LogP contribution in [0.3, 0.4) is 0 Å². The molecule has 0 saturated carbocycles. The normalized spacial score (nSPS) is 15.0. The van der Waals surface area contributed by atoms with Gasteiger partial charge >= 0.3 is 0 Å². The first-order valence-corrected chi connectivity index (χ1v) is 54.2. The predicted octanol–water partition coefficient (Wildman–Crippen LogP) is 40.7. The molecule has 30 rings (SSSR count). The van der Waals surface area contributed by atoms with Gasteiger partial charge in [-0.25, -0.2) is 0 Å². The number of thiophene rings is 4. The highest BCUT2D eigenvalue weighted by Gasteiger charge is 2.51. The van der Waals surface area contributed by atoms with Gasteiger partial charge in [-0.3, -0.25) is 0 Å². The molecule has 0 amide bonds. The molecule has 0 fully saturated rings. The highest BCUT2D eigenvalue weighted by atomic mass is 32.1. The van der Waals surface area contributed by atoms with E-state index in [0.29, 0.717) is 0 Å². The number of anilines is 3. The number of hydrogen-bond donors (Lipinski definition) is 0. The summed E-state index contributed by atoms with van der Waals surface area (Å²) in [6, 6.07) is 156. The number of rotatable bonds is 7. The molecule has 0 N–H and O–H groups in total. The molecule has 27 aromatic rings. The van der Waals surface area contributed by atoms with Gasteiger partial charge in [0, 0.05) is 142 Å². The van der Waals surface area contributed by atoms with Crippen LogP contribution in [-0.4, -0.2) is 9.13 Å². The van der Waals surface area contributed by atoms with E-state index in [0.717, 1.165) is 5.69 Å². The Kier molecular flexibility index (Phi) is 19.4. The van der Waals surface area contributed by atoms with Crippen LogP contribution in [-0.2, 0) is 32.5 Å². The van der Waals surface area contributed by atoms with E-state index in [-0.39, 0.29) is 32.5 Å². The molecule has 21 aromatic carbocycles. The standard InChI is InChI=1S/C46H35NS2.2C46H35NS/c1-45(2)37-20-18-31(47(30-14-6-5-7-15-30)32-19-22-40-34(26-32)33-16-10-11-17-39(33)48-40)27-35(37)43-38(46(45,3)4)21-23-41-44(43)36-24-28-12-8-9-13-29(28)25-42(36)49-41;1-45(2)37-25-24-36-42-32-12-6-5-11-29(32)20-26-41(42)48-44(36)43(37)35-23-19-30(27-38(35)46(45,3)4)28-17-21-31(22-18-28)47-39-15-9-7-13-33(39)34-14-8-10-16-40(34)47;1-45(2)37-27-30(28-17-21-31(22-18-28)47-38-15-9-7-13-34(38)35-14-8-10-16-39(35)47)19-23-33(37)36-24-26-41-43(44(36)46(45,3)4)42-32-12-6-5-11-29(32)20-25-40(42)48-41/h5-27H,1-4H3;2*5-27H,1-4H3. The molecule has 3 nitrogen and oxygen atoms in total. The number of aromatic nitrogens is 2. The van der Waals surface area contributed by atoms with E-state index in [1.165, 1.54) is 268 Å². The van der Waals surface area contributed by atoms with E-state index in [4.69, 9.17) is 0 Å². The van der Waals surface area contributed by atoms with Crippen molar-refractivity contribution in [2.45, 2.75) is 116 Å². The Morgan fingerprint density at radius 2 is 0.593 bits per heavy atom. The Morgan fingerprint density at radius 3 is 1.20 bits per heavy atom. The second-order valence-electron chi connectivity index (χ2n) is 43.7. The van der Waals surface area contributed by atoms with Crippen LogP contribution in [0.1, 0.15) is 116 Å². The SMILES string of the molecule is CC1(C)c2cc(-c3ccc(-n4c5ccccc5c5ccccc54)cc3)ccc2-c2c(ccc3c2sc2ccc4ccccc4c23)C1(C)C.CC1(C)c2cc(-c3ccc(-n4c5ccccc5c5ccccc54)cc3)ccc2-c2ccc3sc4ccc5ccccc5c4c3c2C1(C)C.CC1(C)c2ccc(N(c3ccccc3)c3ccc4sc5ccccc5c4c3)cc2-c2c(ccc3sc4cc5ccccc5cc4c23)C1(C)C. The number of hydrogen-bond acceptors (Lipinski definition) is 5. The third-order valence-electron chi connectivity index (χ3n) is 35.1. The lowest BCUT2D eigenvalue weighted by Gasteiger charge is -2.49. The summed E-state index contributed by atoms with van der Waals surface area (Å²) in [4.78, 5) is 2.44. The molecule has 0 atom stereocenters. The first-order chi connectivity index (χ1) is 70.4. The molecule has 696 valence electrons. The van der Waals surface area contributed by atoms with Crippen LogP contribution in [0.2, 0.25) is 0 Å². The molecule has 0 bridgehead atoms. The minimum atomic E-state index is -0.0984. The van der Waals surface area contributed by atoms with Crippen LogP contribution < -0.4 is 4.90 Å². The lowest BCUT2D eigenvalue weighted by atomic mass is 9.54. The Morgan fingerprint density at radius 1 is 0.193 bits per heavy atom. The molecule has 6 aromatic heterocycles. The number of nitrogens with zero attached hydrogens (tertiary/aromatic N) is 3. The predicted molar refractivity (Wildman–Crippen MR) is 632 cm³/mol. The number of fused-ring (bicyclic) bond motifs is 35. The highest BCUT2D eigenvalue weighted by molar-refractivity contribution is 7.27. The summed E-state index contributed by atoms with van der Waals surface area (Å²) < 4.78 is 15.7. The fraction of sp³-hybridized carbons (Fsp3) is 0.130. The van der Waals surface area contributed by atoms with E-state index in [2.05, 4.69) is 516 Å². The summed E-state index contributed by atoms with van der Waals surface area (Å²) in [5.74, 6) is 0. The smallest absolute Gasteiger partial charge is 0.0541 e. The Hall–Kier alpha value is -15.3. The minimum Gasteiger partial charge on any atom is -0.310 e. The van der Waals surface area contributed by atoms with E-state index in [9.17, 15) is 0 Å². The van der Waals surface area contributed by atoms with Crippen molar-refractivity contribution in [2.75, 3.05) is 4.90 Å². The fourth-order valence-electron chi connectivity index (χ4n) is 25.5. The van der Waals surface area contributed by atoms with Crippen molar-refractivity contribution >= 4 is 219 Å². The van der Waals surface area contributed by atoms with Crippen molar-refractivity contribution < 1.29 is 0 Å². The molecule has 7 heteroatoms. The van der Waals surface area contributed by atoms with Gasteiger partial charge in [0.2, 0.25) is 0 Å². The maximum atomic E-state index is 2.48. The fourth-order valence-corrected chi connectivity index (χ4v) is 30.1. The van der Waals surface area contributed by atoms with Crippen LogP contribution in [0, 0.1) is 0 Å². The van der Waals surface area contributed by atoms with Gasteiger partial charge in [0.05, 0.1) is 22.1 Å². The zero-order valence-electron chi connectivity index (χ0n) is 83.3. The molecule has 0 aliphatic heterocycles. The topological polar surface area (TPSA) is 13.1 Å². The summed E-state index contributed by atoms with van der Waals surface area (Å²) in [5.41, 5.74) is 32.3. The Bertz CT molecular complexity index is 10000. The van der Waals surface area contributed by atoms with Crippen LogP contribution in [0.15, 0.2) is 419 Å². The second-order valence-corrected chi connectivity index (χ2v) is 48.0. The zero-order chi connectivity index (χ0) is 97.8. The van der Waals surface area contributed by atoms with Crippen molar-refractivity contribution in [2.24, 2.45) is 0 Å². The summed E-state index contributed by atoms with van der Waals surface area (Å²) in [7, 11) is 0. The molecule has 0 unspecified atom stereocenters. The van der Waals surface area contributed by atoms with Gasteiger partial charge in [0.25, 0.3) is 0 Å². The van der Waals surface area contributed by atoms with E-state index in [1.807, 2.05) is 45.3 Å². The molecule has 6 heterocycles. The van der Waals surface area contributed by atoms with Crippen LogP contribution in [0.25, 0.3) is 224 Å². The van der Waals surface area contributed by atoms with Crippen molar-refractivity contribution in [1.82, 2.24) is 9.13 Å². The molecule has 0 saturated heterocycles.